The Morgan fingerprint density at radius 3 is 2.11 bits per heavy atom. The molecule has 0 atom stereocenters. The normalized spacial score (nSPS) is 20.1. The van der Waals surface area contributed by atoms with Gasteiger partial charge in [-0.3, -0.25) is 4.79 Å². The summed E-state index contributed by atoms with van der Waals surface area (Å²) < 4.78 is 0. The summed E-state index contributed by atoms with van der Waals surface area (Å²) in [5.74, 6) is -0.704. The zero-order chi connectivity index (χ0) is 13.4. The summed E-state index contributed by atoms with van der Waals surface area (Å²) in [4.78, 5) is 11.7. The van der Waals surface area contributed by atoms with Gasteiger partial charge >= 0.3 is 5.97 Å². The molecule has 0 radical (unpaired) electrons. The second kappa shape index (κ2) is 4.30. The lowest BCUT2D eigenvalue weighted by Crippen LogP contribution is -2.54. The van der Waals surface area contributed by atoms with Gasteiger partial charge in [-0.1, -0.05) is 38.8 Å². The first-order valence-corrected chi connectivity index (χ1v) is 6.57. The highest BCUT2D eigenvalue weighted by Crippen LogP contribution is 2.59. The van der Waals surface area contributed by atoms with Gasteiger partial charge in [0.2, 0.25) is 0 Å². The number of carboxylic acid groups (broad SMARTS) is 1. The van der Waals surface area contributed by atoms with Crippen LogP contribution in [0.3, 0.4) is 0 Å². The van der Waals surface area contributed by atoms with Crippen LogP contribution in [0.2, 0.25) is 0 Å². The van der Waals surface area contributed by atoms with Crippen molar-refractivity contribution in [1.82, 2.24) is 0 Å². The van der Waals surface area contributed by atoms with Gasteiger partial charge in [0, 0.05) is 5.69 Å². The van der Waals surface area contributed by atoms with Crippen LogP contribution >= 0.6 is 0 Å². The van der Waals surface area contributed by atoms with Crippen LogP contribution in [-0.2, 0) is 10.2 Å². The van der Waals surface area contributed by atoms with E-state index in [2.05, 4.69) is 13.8 Å². The average Bonchev–Trinajstić information content (AvgIpc) is 2.31. The monoisotopic (exact) mass is 247 g/mol. The van der Waals surface area contributed by atoms with E-state index in [0.717, 1.165) is 31.2 Å². The van der Waals surface area contributed by atoms with Crippen molar-refractivity contribution in [3.05, 3.63) is 29.8 Å². The maximum atomic E-state index is 11.7. The maximum Gasteiger partial charge on any atom is 0.314 e. The van der Waals surface area contributed by atoms with Gasteiger partial charge in [-0.15, -0.1) is 0 Å². The summed E-state index contributed by atoms with van der Waals surface area (Å²) in [6, 6.07) is 7.30. The second-order valence-electron chi connectivity index (χ2n) is 5.57. The lowest BCUT2D eigenvalue weighted by atomic mass is 9.48. The van der Waals surface area contributed by atoms with Gasteiger partial charge in [0.25, 0.3) is 0 Å². The van der Waals surface area contributed by atoms with Gasteiger partial charge in [0.15, 0.2) is 0 Å². The van der Waals surface area contributed by atoms with Gasteiger partial charge in [-0.25, -0.2) is 0 Å². The van der Waals surface area contributed by atoms with Crippen LogP contribution in [0.25, 0.3) is 0 Å². The summed E-state index contributed by atoms with van der Waals surface area (Å²) in [5.41, 5.74) is 6.74. The SMILES string of the molecule is CCC1(CC)CC(C(=O)O)(c2ccc(N)cc2)C1. The third-order valence-electron chi connectivity index (χ3n) is 4.73. The fourth-order valence-corrected chi connectivity index (χ4v) is 3.26. The summed E-state index contributed by atoms with van der Waals surface area (Å²) >= 11 is 0. The van der Waals surface area contributed by atoms with Gasteiger partial charge in [0.05, 0.1) is 5.41 Å². The summed E-state index contributed by atoms with van der Waals surface area (Å²) in [6.07, 6.45) is 3.58. The molecule has 0 heterocycles. The number of hydrogen-bond acceptors (Lipinski definition) is 2. The van der Waals surface area contributed by atoms with E-state index < -0.39 is 11.4 Å². The minimum atomic E-state index is -0.704. The van der Waals surface area contributed by atoms with E-state index >= 15 is 0 Å². The molecule has 0 amide bonds. The standard InChI is InChI=1S/C15H21NO2/c1-3-14(4-2)9-15(10-14,13(17)18)11-5-7-12(16)8-6-11/h5-8H,3-4,9-10,16H2,1-2H3,(H,17,18). The summed E-state index contributed by atoms with van der Waals surface area (Å²) in [5, 5.41) is 9.60. The van der Waals surface area contributed by atoms with Gasteiger partial charge < -0.3 is 10.8 Å². The molecule has 1 fully saturated rings. The third kappa shape index (κ3) is 1.78. The molecule has 0 saturated heterocycles. The molecule has 0 aromatic heterocycles. The van der Waals surface area contributed by atoms with E-state index in [1.807, 2.05) is 12.1 Å². The third-order valence-corrected chi connectivity index (χ3v) is 4.73. The van der Waals surface area contributed by atoms with Crippen LogP contribution in [0.1, 0.15) is 45.1 Å². The Balaban J connectivity index is 2.32. The Hall–Kier alpha value is -1.51. The first-order valence-electron chi connectivity index (χ1n) is 6.57. The number of anilines is 1. The zero-order valence-electron chi connectivity index (χ0n) is 11.1. The summed E-state index contributed by atoms with van der Waals surface area (Å²) in [7, 11) is 0. The number of nitrogens with two attached hydrogens (primary N) is 1. The van der Waals surface area contributed by atoms with Gasteiger partial charge in [-0.2, -0.15) is 0 Å². The fraction of sp³-hybridized carbons (Fsp3) is 0.533. The number of hydrogen-bond donors (Lipinski definition) is 2. The topological polar surface area (TPSA) is 63.3 Å². The van der Waals surface area contributed by atoms with Crippen LogP contribution in [0.15, 0.2) is 24.3 Å². The lowest BCUT2D eigenvalue weighted by Gasteiger charge is -2.54. The van der Waals surface area contributed by atoms with Crippen molar-refractivity contribution in [2.75, 3.05) is 5.73 Å². The predicted octanol–water partition coefficient (Wildman–Crippen LogP) is 3.19. The quantitative estimate of drug-likeness (QED) is 0.803. The molecule has 1 aromatic rings. The number of rotatable bonds is 4. The number of aliphatic carboxylic acids is 1. The number of benzene rings is 1. The predicted molar refractivity (Wildman–Crippen MR) is 72.4 cm³/mol. The number of carbonyl (C=O) groups is 1. The van der Waals surface area contributed by atoms with Gasteiger partial charge in [-0.05, 0) is 36.0 Å². The molecule has 1 saturated carbocycles. The molecule has 1 aliphatic carbocycles. The molecule has 0 aliphatic heterocycles. The Labute approximate surface area is 108 Å². The van der Waals surface area contributed by atoms with Crippen LogP contribution in [-0.4, -0.2) is 11.1 Å². The molecule has 3 heteroatoms. The molecule has 1 aromatic carbocycles. The maximum absolute atomic E-state index is 11.7. The average molecular weight is 247 g/mol. The molecule has 1 aliphatic rings. The first-order chi connectivity index (χ1) is 8.48. The minimum absolute atomic E-state index is 0.208. The Bertz CT molecular complexity index is 438. The van der Waals surface area contributed by atoms with Crippen molar-refractivity contribution < 1.29 is 9.90 Å². The summed E-state index contributed by atoms with van der Waals surface area (Å²) in [6.45, 7) is 4.30. The molecular formula is C15H21NO2. The van der Waals surface area contributed by atoms with E-state index in [9.17, 15) is 9.90 Å². The van der Waals surface area contributed by atoms with Crippen molar-refractivity contribution >= 4 is 11.7 Å². The molecule has 3 nitrogen and oxygen atoms in total. The van der Waals surface area contributed by atoms with E-state index in [4.69, 9.17) is 5.73 Å². The van der Waals surface area contributed by atoms with Crippen molar-refractivity contribution in [1.29, 1.82) is 0 Å². The second-order valence-corrected chi connectivity index (χ2v) is 5.57. The molecule has 98 valence electrons. The van der Waals surface area contributed by atoms with Crippen LogP contribution in [0.5, 0.6) is 0 Å². The lowest BCUT2D eigenvalue weighted by molar-refractivity contribution is -0.155. The van der Waals surface area contributed by atoms with Gasteiger partial charge in [0.1, 0.15) is 0 Å². The highest BCUT2D eigenvalue weighted by atomic mass is 16.4. The largest absolute Gasteiger partial charge is 0.481 e. The number of carboxylic acids is 1. The Kier molecular flexibility index (Phi) is 3.09. The molecule has 2 rings (SSSR count). The molecule has 18 heavy (non-hydrogen) atoms. The fourth-order valence-electron chi connectivity index (χ4n) is 3.26. The van der Waals surface area contributed by atoms with Crippen molar-refractivity contribution in [3.63, 3.8) is 0 Å². The minimum Gasteiger partial charge on any atom is -0.481 e. The van der Waals surface area contributed by atoms with Crippen LogP contribution < -0.4 is 5.73 Å². The van der Waals surface area contributed by atoms with E-state index in [1.54, 1.807) is 12.1 Å². The highest BCUT2D eigenvalue weighted by Gasteiger charge is 2.58. The smallest absolute Gasteiger partial charge is 0.314 e. The van der Waals surface area contributed by atoms with E-state index in [1.165, 1.54) is 0 Å². The van der Waals surface area contributed by atoms with Crippen LogP contribution in [0, 0.1) is 5.41 Å². The Morgan fingerprint density at radius 1 is 1.22 bits per heavy atom. The van der Waals surface area contributed by atoms with E-state index in [0.29, 0.717) is 5.69 Å². The van der Waals surface area contributed by atoms with Crippen molar-refractivity contribution in [3.8, 4) is 0 Å². The Morgan fingerprint density at radius 2 is 1.72 bits per heavy atom. The van der Waals surface area contributed by atoms with Crippen molar-refractivity contribution in [2.24, 2.45) is 5.41 Å². The van der Waals surface area contributed by atoms with E-state index in [-0.39, 0.29) is 5.41 Å². The molecular weight excluding hydrogens is 226 g/mol. The number of nitrogen functional groups attached to an aromatic ring is 1. The first kappa shape index (κ1) is 12.9. The highest BCUT2D eigenvalue weighted by molar-refractivity contribution is 5.83. The molecule has 0 unspecified atom stereocenters. The van der Waals surface area contributed by atoms with Crippen molar-refractivity contribution in [2.45, 2.75) is 44.9 Å². The zero-order valence-corrected chi connectivity index (χ0v) is 11.1. The molecule has 3 N–H and O–H groups in total. The molecule has 0 bridgehead atoms. The van der Waals surface area contributed by atoms with Crippen LogP contribution in [0.4, 0.5) is 5.69 Å². The molecule has 0 spiro atoms.